The van der Waals surface area contributed by atoms with Crippen LogP contribution >= 0.6 is 11.6 Å². The Labute approximate surface area is 185 Å². The monoisotopic (exact) mass is 441 g/mol. The molecule has 1 aromatic heterocycles. The highest BCUT2D eigenvalue weighted by Gasteiger charge is 2.20. The number of carbonyl (C=O) groups excluding carboxylic acids is 2. The predicted octanol–water partition coefficient (Wildman–Crippen LogP) is 4.06. The fourth-order valence-electron chi connectivity index (χ4n) is 3.37. The van der Waals surface area contributed by atoms with E-state index < -0.39 is 0 Å². The molecule has 9 heteroatoms. The van der Waals surface area contributed by atoms with E-state index >= 15 is 0 Å². The average molecular weight is 442 g/mol. The molecule has 31 heavy (non-hydrogen) atoms. The lowest BCUT2D eigenvalue weighted by atomic mass is 10.0. The number of aromatic nitrogens is 3. The Balaban J connectivity index is 1.74. The van der Waals surface area contributed by atoms with Crippen LogP contribution in [0.5, 0.6) is 5.75 Å². The first-order valence-electron chi connectivity index (χ1n) is 9.62. The van der Waals surface area contributed by atoms with Gasteiger partial charge in [0.15, 0.2) is 5.69 Å². The molecule has 0 saturated heterocycles. The lowest BCUT2D eigenvalue weighted by Gasteiger charge is -2.12. The SMILES string of the molecule is COc1ccc(Cl)cc1NC(=O)Cn1nnc(C(=O)Nc2c(C)cc(C)cc2C)c1C. The second-order valence-corrected chi connectivity index (χ2v) is 7.74. The van der Waals surface area contributed by atoms with Crippen LogP contribution in [0.15, 0.2) is 30.3 Å². The fourth-order valence-corrected chi connectivity index (χ4v) is 3.55. The number of carbonyl (C=O) groups is 2. The van der Waals surface area contributed by atoms with E-state index in [0.717, 1.165) is 22.4 Å². The standard InChI is InChI=1S/C22H24ClN5O3/c1-12-8-13(2)20(14(3)9-12)25-22(30)21-15(4)28(27-26-21)11-19(29)24-17-10-16(23)6-7-18(17)31-5/h6-10H,11H2,1-5H3,(H,24,29)(H,25,30). The molecule has 3 rings (SSSR count). The van der Waals surface area contributed by atoms with E-state index in [4.69, 9.17) is 16.3 Å². The van der Waals surface area contributed by atoms with E-state index in [1.54, 1.807) is 25.1 Å². The summed E-state index contributed by atoms with van der Waals surface area (Å²) >= 11 is 6.00. The zero-order chi connectivity index (χ0) is 22.7. The molecule has 8 nitrogen and oxygen atoms in total. The molecule has 0 radical (unpaired) electrons. The van der Waals surface area contributed by atoms with E-state index in [1.807, 2.05) is 32.9 Å². The molecule has 2 aromatic carbocycles. The Morgan fingerprint density at radius 2 is 1.74 bits per heavy atom. The van der Waals surface area contributed by atoms with Crippen molar-refractivity contribution in [3.63, 3.8) is 0 Å². The van der Waals surface area contributed by atoms with Gasteiger partial charge < -0.3 is 15.4 Å². The van der Waals surface area contributed by atoms with E-state index in [0.29, 0.717) is 22.2 Å². The van der Waals surface area contributed by atoms with Crippen LogP contribution in [-0.2, 0) is 11.3 Å². The number of nitrogens with one attached hydrogen (secondary N) is 2. The van der Waals surface area contributed by atoms with Crippen molar-refractivity contribution in [3.8, 4) is 5.75 Å². The largest absolute Gasteiger partial charge is 0.495 e. The minimum Gasteiger partial charge on any atom is -0.495 e. The Bertz CT molecular complexity index is 1130. The van der Waals surface area contributed by atoms with Gasteiger partial charge in [-0.15, -0.1) is 5.10 Å². The molecular formula is C22H24ClN5O3. The maximum Gasteiger partial charge on any atom is 0.278 e. The molecule has 0 atom stereocenters. The molecule has 1 heterocycles. The molecule has 0 bridgehead atoms. The van der Waals surface area contributed by atoms with Crippen LogP contribution in [0, 0.1) is 27.7 Å². The first-order valence-corrected chi connectivity index (χ1v) is 10.00. The van der Waals surface area contributed by atoms with Gasteiger partial charge in [-0.2, -0.15) is 0 Å². The second kappa shape index (κ2) is 9.18. The van der Waals surface area contributed by atoms with E-state index in [9.17, 15) is 9.59 Å². The van der Waals surface area contributed by atoms with Crippen molar-refractivity contribution in [3.05, 3.63) is 63.4 Å². The summed E-state index contributed by atoms with van der Waals surface area (Å²) in [7, 11) is 1.50. The zero-order valence-corrected chi connectivity index (χ0v) is 18.8. The topological polar surface area (TPSA) is 98.1 Å². The van der Waals surface area contributed by atoms with Crippen LogP contribution in [-0.4, -0.2) is 33.9 Å². The molecule has 0 aliphatic heterocycles. The molecular weight excluding hydrogens is 418 g/mol. The molecule has 0 aliphatic rings. The van der Waals surface area contributed by atoms with Gasteiger partial charge >= 0.3 is 0 Å². The molecule has 2 amide bonds. The molecule has 0 unspecified atom stereocenters. The Hall–Kier alpha value is -3.39. The van der Waals surface area contributed by atoms with Crippen LogP contribution in [0.4, 0.5) is 11.4 Å². The summed E-state index contributed by atoms with van der Waals surface area (Å²) in [6, 6.07) is 8.93. The van der Waals surface area contributed by atoms with Crippen molar-refractivity contribution >= 4 is 34.8 Å². The molecule has 0 aliphatic carbocycles. The highest BCUT2D eigenvalue weighted by molar-refractivity contribution is 6.31. The third kappa shape index (κ3) is 5.03. The van der Waals surface area contributed by atoms with Gasteiger partial charge in [0.1, 0.15) is 12.3 Å². The summed E-state index contributed by atoms with van der Waals surface area (Å²) in [4.78, 5) is 25.3. The minimum atomic E-state index is -0.379. The molecule has 0 fully saturated rings. The lowest BCUT2D eigenvalue weighted by molar-refractivity contribution is -0.117. The summed E-state index contributed by atoms with van der Waals surface area (Å²) in [5.74, 6) is -0.251. The van der Waals surface area contributed by atoms with Gasteiger partial charge in [0.2, 0.25) is 5.91 Å². The van der Waals surface area contributed by atoms with Gasteiger partial charge in [-0.25, -0.2) is 4.68 Å². The second-order valence-electron chi connectivity index (χ2n) is 7.30. The van der Waals surface area contributed by atoms with Crippen LogP contribution in [0.3, 0.4) is 0 Å². The predicted molar refractivity (Wildman–Crippen MR) is 120 cm³/mol. The summed E-state index contributed by atoms with van der Waals surface area (Å²) in [5.41, 5.74) is 4.88. The number of methoxy groups -OCH3 is 1. The zero-order valence-electron chi connectivity index (χ0n) is 18.0. The minimum absolute atomic E-state index is 0.121. The van der Waals surface area contributed by atoms with E-state index in [-0.39, 0.29) is 24.1 Å². The van der Waals surface area contributed by atoms with Crippen molar-refractivity contribution < 1.29 is 14.3 Å². The van der Waals surface area contributed by atoms with Crippen molar-refractivity contribution in [1.29, 1.82) is 0 Å². The maximum absolute atomic E-state index is 12.8. The van der Waals surface area contributed by atoms with Gasteiger partial charge in [0.05, 0.1) is 18.5 Å². The van der Waals surface area contributed by atoms with Gasteiger partial charge in [0.25, 0.3) is 5.91 Å². The Morgan fingerprint density at radius 1 is 1.06 bits per heavy atom. The van der Waals surface area contributed by atoms with E-state index in [2.05, 4.69) is 20.9 Å². The smallest absolute Gasteiger partial charge is 0.278 e. The summed E-state index contributed by atoms with van der Waals surface area (Å²) < 4.78 is 6.60. The molecule has 0 spiro atoms. The highest BCUT2D eigenvalue weighted by atomic mass is 35.5. The van der Waals surface area contributed by atoms with Crippen LogP contribution < -0.4 is 15.4 Å². The molecule has 162 valence electrons. The fraction of sp³-hybridized carbons (Fsp3) is 0.273. The number of hydrogen-bond acceptors (Lipinski definition) is 5. The highest BCUT2D eigenvalue weighted by Crippen LogP contribution is 2.27. The average Bonchev–Trinajstić information content (AvgIpc) is 3.05. The normalized spacial score (nSPS) is 10.6. The van der Waals surface area contributed by atoms with Crippen molar-refractivity contribution in [2.75, 3.05) is 17.7 Å². The lowest BCUT2D eigenvalue weighted by Crippen LogP contribution is -2.21. The Kier molecular flexibility index (Phi) is 6.60. The third-order valence-electron chi connectivity index (χ3n) is 4.84. The Morgan fingerprint density at radius 3 is 2.39 bits per heavy atom. The van der Waals surface area contributed by atoms with Gasteiger partial charge in [-0.05, 0) is 57.0 Å². The van der Waals surface area contributed by atoms with Crippen LogP contribution in [0.2, 0.25) is 5.02 Å². The first kappa shape index (κ1) is 22.3. The third-order valence-corrected chi connectivity index (χ3v) is 5.08. The quantitative estimate of drug-likeness (QED) is 0.601. The maximum atomic E-state index is 12.8. The first-order chi connectivity index (χ1) is 14.7. The number of halogens is 1. The number of benzene rings is 2. The number of anilines is 2. The van der Waals surface area contributed by atoms with Gasteiger partial charge in [0, 0.05) is 10.7 Å². The molecule has 3 aromatic rings. The number of ether oxygens (including phenoxy) is 1. The van der Waals surface area contributed by atoms with Crippen molar-refractivity contribution in [1.82, 2.24) is 15.0 Å². The van der Waals surface area contributed by atoms with E-state index in [1.165, 1.54) is 11.8 Å². The number of aryl methyl sites for hydroxylation is 3. The van der Waals surface area contributed by atoms with Gasteiger partial charge in [-0.1, -0.05) is 34.5 Å². The molecule has 0 saturated carbocycles. The summed E-state index contributed by atoms with van der Waals surface area (Å²) in [6.45, 7) is 7.45. The van der Waals surface area contributed by atoms with Gasteiger partial charge in [-0.3, -0.25) is 9.59 Å². The molecule has 2 N–H and O–H groups in total. The number of amides is 2. The summed E-state index contributed by atoms with van der Waals surface area (Å²) in [6.07, 6.45) is 0. The van der Waals surface area contributed by atoms with Crippen LogP contribution in [0.25, 0.3) is 0 Å². The van der Waals surface area contributed by atoms with Crippen molar-refractivity contribution in [2.24, 2.45) is 0 Å². The number of hydrogen-bond donors (Lipinski definition) is 2. The number of rotatable bonds is 6. The summed E-state index contributed by atoms with van der Waals surface area (Å²) in [5, 5.41) is 14.0. The van der Waals surface area contributed by atoms with Crippen LogP contribution in [0.1, 0.15) is 32.9 Å². The van der Waals surface area contributed by atoms with Crippen molar-refractivity contribution in [2.45, 2.75) is 34.2 Å². The number of nitrogens with zero attached hydrogens (tertiary/aromatic N) is 3.